The predicted octanol–water partition coefficient (Wildman–Crippen LogP) is 2.28. The topological polar surface area (TPSA) is 79.5 Å². The number of carbonyl (C=O) groups excluding carboxylic acids is 1. The largest absolute Gasteiger partial charge is 0.502 e. The molecule has 0 fully saturated rings. The smallest absolute Gasteiger partial charge is 0.233 e. The Bertz CT molecular complexity index is 684. The van der Waals surface area contributed by atoms with Gasteiger partial charge in [-0.2, -0.15) is 0 Å². The van der Waals surface area contributed by atoms with Gasteiger partial charge in [-0.1, -0.05) is 30.3 Å². The van der Waals surface area contributed by atoms with Crippen LogP contribution in [0.5, 0.6) is 5.75 Å². The van der Waals surface area contributed by atoms with E-state index in [4.69, 9.17) is 9.52 Å². The van der Waals surface area contributed by atoms with Crippen LogP contribution in [-0.4, -0.2) is 16.3 Å². The molecule has 2 rings (SSSR count). The van der Waals surface area contributed by atoms with Gasteiger partial charge >= 0.3 is 0 Å². The highest BCUT2D eigenvalue weighted by molar-refractivity contribution is 7.99. The Morgan fingerprint density at radius 3 is 2.77 bits per heavy atom. The summed E-state index contributed by atoms with van der Waals surface area (Å²) < 4.78 is 5.03. The van der Waals surface area contributed by atoms with Crippen LogP contribution in [0.15, 0.2) is 51.9 Å². The van der Waals surface area contributed by atoms with Crippen LogP contribution in [0.2, 0.25) is 0 Å². The second kappa shape index (κ2) is 7.70. The van der Waals surface area contributed by atoms with Crippen molar-refractivity contribution in [3.05, 3.63) is 64.2 Å². The van der Waals surface area contributed by atoms with Crippen molar-refractivity contribution in [3.8, 4) is 5.75 Å². The average Bonchev–Trinajstić information content (AvgIpc) is 2.54. The Morgan fingerprint density at radius 2 is 2.09 bits per heavy atom. The number of hydrogen-bond donors (Lipinski definition) is 2. The molecule has 0 radical (unpaired) electrons. The van der Waals surface area contributed by atoms with Crippen LogP contribution in [-0.2, 0) is 17.1 Å². The van der Waals surface area contributed by atoms with Gasteiger partial charge in [0, 0.05) is 11.8 Å². The summed E-state index contributed by atoms with van der Waals surface area (Å²) in [7, 11) is 0. The zero-order valence-corrected chi connectivity index (χ0v) is 12.9. The molecule has 1 atom stereocenters. The van der Waals surface area contributed by atoms with Gasteiger partial charge in [0.05, 0.1) is 11.8 Å². The average molecular weight is 319 g/mol. The molecule has 0 aliphatic rings. The molecule has 6 heteroatoms. The third-order valence-corrected chi connectivity index (χ3v) is 4.23. The van der Waals surface area contributed by atoms with E-state index in [-0.39, 0.29) is 17.7 Å². The predicted molar refractivity (Wildman–Crippen MR) is 85.7 cm³/mol. The standard InChI is InChI=1S/C16H17NO4S/c1-11(22-10-12-5-3-2-4-6-12)16(20)17-8-13-7-14(18)15(19)9-21-13/h2-7,9,11,19H,8,10H2,1H3,(H,17,20). The number of benzene rings is 1. The van der Waals surface area contributed by atoms with E-state index in [0.29, 0.717) is 5.76 Å². The summed E-state index contributed by atoms with van der Waals surface area (Å²) in [4.78, 5) is 23.2. The number of amides is 1. The molecule has 0 aliphatic heterocycles. The highest BCUT2D eigenvalue weighted by Crippen LogP contribution is 2.17. The molecule has 22 heavy (non-hydrogen) atoms. The van der Waals surface area contributed by atoms with E-state index in [9.17, 15) is 9.59 Å². The third kappa shape index (κ3) is 4.66. The molecule has 1 amide bonds. The van der Waals surface area contributed by atoms with Gasteiger partial charge in [0.25, 0.3) is 0 Å². The number of aromatic hydroxyl groups is 1. The molecule has 0 bridgehead atoms. The molecule has 1 aromatic heterocycles. The SMILES string of the molecule is CC(SCc1ccccc1)C(=O)NCc1cc(=O)c(O)co1. The molecule has 1 aromatic carbocycles. The lowest BCUT2D eigenvalue weighted by Crippen LogP contribution is -2.30. The maximum Gasteiger partial charge on any atom is 0.233 e. The summed E-state index contributed by atoms with van der Waals surface area (Å²) in [6.45, 7) is 1.94. The van der Waals surface area contributed by atoms with Gasteiger partial charge in [-0.15, -0.1) is 11.8 Å². The maximum atomic E-state index is 12.0. The summed E-state index contributed by atoms with van der Waals surface area (Å²) in [5.74, 6) is 0.485. The molecular weight excluding hydrogens is 302 g/mol. The van der Waals surface area contributed by atoms with E-state index in [1.54, 1.807) is 0 Å². The fraction of sp³-hybridized carbons (Fsp3) is 0.250. The van der Waals surface area contributed by atoms with Crippen molar-refractivity contribution in [2.24, 2.45) is 0 Å². The van der Waals surface area contributed by atoms with Gasteiger partial charge in [0.1, 0.15) is 12.0 Å². The van der Waals surface area contributed by atoms with E-state index < -0.39 is 11.2 Å². The molecule has 2 N–H and O–H groups in total. The first-order chi connectivity index (χ1) is 10.6. The van der Waals surface area contributed by atoms with Crippen molar-refractivity contribution in [1.82, 2.24) is 5.32 Å². The quantitative estimate of drug-likeness (QED) is 0.854. The van der Waals surface area contributed by atoms with Gasteiger partial charge in [-0.25, -0.2) is 0 Å². The number of rotatable bonds is 6. The molecule has 0 saturated heterocycles. The molecule has 2 aromatic rings. The lowest BCUT2D eigenvalue weighted by molar-refractivity contribution is -0.120. The minimum Gasteiger partial charge on any atom is -0.502 e. The van der Waals surface area contributed by atoms with Crippen molar-refractivity contribution < 1.29 is 14.3 Å². The molecule has 0 aliphatic carbocycles. The van der Waals surface area contributed by atoms with Crippen molar-refractivity contribution >= 4 is 17.7 Å². The summed E-state index contributed by atoms with van der Waals surface area (Å²) in [5.41, 5.74) is 0.638. The summed E-state index contributed by atoms with van der Waals surface area (Å²) in [5, 5.41) is 11.6. The van der Waals surface area contributed by atoms with E-state index in [0.717, 1.165) is 23.6 Å². The molecule has 0 spiro atoms. The Balaban J connectivity index is 1.81. The summed E-state index contributed by atoms with van der Waals surface area (Å²) in [6, 6.07) is 11.1. The summed E-state index contributed by atoms with van der Waals surface area (Å²) in [6.07, 6.45) is 0.970. The van der Waals surface area contributed by atoms with E-state index >= 15 is 0 Å². The Hall–Kier alpha value is -2.21. The number of nitrogens with one attached hydrogen (secondary N) is 1. The second-order valence-corrected chi connectivity index (χ2v) is 6.08. The van der Waals surface area contributed by atoms with Crippen LogP contribution in [0.4, 0.5) is 0 Å². The van der Waals surface area contributed by atoms with Gasteiger partial charge < -0.3 is 14.8 Å². The molecule has 5 nitrogen and oxygen atoms in total. The Kier molecular flexibility index (Phi) is 5.66. The van der Waals surface area contributed by atoms with Crippen molar-refractivity contribution in [1.29, 1.82) is 0 Å². The lowest BCUT2D eigenvalue weighted by atomic mass is 10.2. The van der Waals surface area contributed by atoms with Crippen LogP contribution in [0.1, 0.15) is 18.2 Å². The molecule has 1 unspecified atom stereocenters. The number of hydrogen-bond acceptors (Lipinski definition) is 5. The number of carbonyl (C=O) groups is 1. The normalized spacial score (nSPS) is 11.9. The monoisotopic (exact) mass is 319 g/mol. The maximum absolute atomic E-state index is 12.0. The van der Waals surface area contributed by atoms with Gasteiger partial charge in [-0.3, -0.25) is 9.59 Å². The van der Waals surface area contributed by atoms with Crippen LogP contribution in [0.3, 0.4) is 0 Å². The van der Waals surface area contributed by atoms with Crippen molar-refractivity contribution in [2.75, 3.05) is 0 Å². The lowest BCUT2D eigenvalue weighted by Gasteiger charge is -2.11. The van der Waals surface area contributed by atoms with Gasteiger partial charge in [0.15, 0.2) is 5.75 Å². The fourth-order valence-corrected chi connectivity index (χ4v) is 2.60. The highest BCUT2D eigenvalue weighted by Gasteiger charge is 2.13. The van der Waals surface area contributed by atoms with E-state index in [2.05, 4.69) is 5.32 Å². The highest BCUT2D eigenvalue weighted by atomic mass is 32.2. The third-order valence-electron chi connectivity index (χ3n) is 3.02. The molecule has 0 saturated carbocycles. The first kappa shape index (κ1) is 16.2. The molecule has 116 valence electrons. The minimum absolute atomic E-state index is 0.116. The molecule has 1 heterocycles. The van der Waals surface area contributed by atoms with Crippen LogP contribution in [0, 0.1) is 0 Å². The zero-order chi connectivity index (χ0) is 15.9. The van der Waals surface area contributed by atoms with Gasteiger partial charge in [-0.05, 0) is 12.5 Å². The Labute approximate surface area is 132 Å². The Morgan fingerprint density at radius 1 is 1.36 bits per heavy atom. The summed E-state index contributed by atoms with van der Waals surface area (Å²) >= 11 is 1.53. The van der Waals surface area contributed by atoms with Crippen LogP contribution < -0.4 is 10.7 Å². The van der Waals surface area contributed by atoms with E-state index in [1.165, 1.54) is 11.8 Å². The van der Waals surface area contributed by atoms with Crippen molar-refractivity contribution in [3.63, 3.8) is 0 Å². The minimum atomic E-state index is -0.526. The van der Waals surface area contributed by atoms with E-state index in [1.807, 2.05) is 37.3 Å². The van der Waals surface area contributed by atoms with Gasteiger partial charge in [0.2, 0.25) is 11.3 Å². The van der Waals surface area contributed by atoms with Crippen LogP contribution in [0.25, 0.3) is 0 Å². The fourth-order valence-electron chi connectivity index (χ4n) is 1.73. The second-order valence-electron chi connectivity index (χ2n) is 4.75. The van der Waals surface area contributed by atoms with Crippen molar-refractivity contribution in [2.45, 2.75) is 24.5 Å². The number of thioether (sulfide) groups is 1. The first-order valence-electron chi connectivity index (χ1n) is 6.80. The first-order valence-corrected chi connectivity index (χ1v) is 7.85. The zero-order valence-electron chi connectivity index (χ0n) is 12.1. The molecular formula is C16H17NO4S. The van der Waals surface area contributed by atoms with Crippen LogP contribution >= 0.6 is 11.8 Å².